The molecular weight excluding hydrogens is 228 g/mol. The molecule has 8 heteroatoms. The molecule has 3 heterocycles. The topological polar surface area (TPSA) is 107 Å². The summed E-state index contributed by atoms with van der Waals surface area (Å²) in [4.78, 5) is 18.2. The van der Waals surface area contributed by atoms with Crippen LogP contribution >= 0.6 is 0 Å². The van der Waals surface area contributed by atoms with Crippen molar-refractivity contribution in [1.82, 2.24) is 19.5 Å². The molecule has 86 valence electrons. The highest BCUT2D eigenvalue weighted by Crippen LogP contribution is 2.20. The van der Waals surface area contributed by atoms with Gasteiger partial charge in [0.25, 0.3) is 0 Å². The first-order valence-electron chi connectivity index (χ1n) is 4.66. The van der Waals surface area contributed by atoms with Crippen molar-refractivity contribution in [1.29, 1.82) is 0 Å². The second-order valence-electron chi connectivity index (χ2n) is 3.38. The molecule has 8 nitrogen and oxygen atoms in total. The van der Waals surface area contributed by atoms with Crippen LogP contribution in [0.4, 0.5) is 0 Å². The van der Waals surface area contributed by atoms with Gasteiger partial charge in [0.1, 0.15) is 0 Å². The molecule has 3 rings (SSSR count). The molecule has 0 unspecified atom stereocenters. The fourth-order valence-corrected chi connectivity index (χ4v) is 1.41. The maximum Gasteiger partial charge on any atom is 0.394 e. The molecule has 1 N–H and O–H groups in total. The molecule has 0 aromatic carbocycles. The van der Waals surface area contributed by atoms with Gasteiger partial charge < -0.3 is 14.0 Å². The van der Waals surface area contributed by atoms with Crippen molar-refractivity contribution in [3.63, 3.8) is 0 Å². The van der Waals surface area contributed by atoms with Crippen LogP contribution in [-0.4, -0.2) is 30.6 Å². The van der Waals surface area contributed by atoms with Gasteiger partial charge in [-0.2, -0.15) is 4.98 Å². The van der Waals surface area contributed by atoms with E-state index in [-0.39, 0.29) is 5.82 Å². The lowest BCUT2D eigenvalue weighted by Crippen LogP contribution is -1.95. The van der Waals surface area contributed by atoms with Crippen LogP contribution in [0, 0.1) is 6.92 Å². The third kappa shape index (κ3) is 1.38. The highest BCUT2D eigenvalue weighted by molar-refractivity contribution is 5.82. The minimum Gasteiger partial charge on any atom is -0.474 e. The largest absolute Gasteiger partial charge is 0.474 e. The Kier molecular flexibility index (Phi) is 1.79. The lowest BCUT2D eigenvalue weighted by molar-refractivity contribution is 0.0643. The number of aryl methyl sites for hydroxylation is 1. The van der Waals surface area contributed by atoms with Crippen LogP contribution in [0.2, 0.25) is 0 Å². The average molecular weight is 234 g/mol. The summed E-state index contributed by atoms with van der Waals surface area (Å²) < 4.78 is 11.6. The van der Waals surface area contributed by atoms with Crippen molar-refractivity contribution in [3.05, 3.63) is 24.0 Å². The molecule has 0 saturated carbocycles. The number of rotatable bonds is 2. The van der Waals surface area contributed by atoms with Crippen LogP contribution in [0.15, 0.2) is 21.3 Å². The highest BCUT2D eigenvalue weighted by atomic mass is 16.5. The number of aromatic carboxylic acids is 1. The molecule has 0 atom stereocenters. The lowest BCUT2D eigenvalue weighted by atomic mass is 10.5. The summed E-state index contributed by atoms with van der Waals surface area (Å²) in [5.41, 5.74) is 0.886. The number of imidazole rings is 1. The van der Waals surface area contributed by atoms with Crippen LogP contribution in [-0.2, 0) is 0 Å². The van der Waals surface area contributed by atoms with Crippen LogP contribution < -0.4 is 0 Å². The molecule has 0 aliphatic heterocycles. The molecule has 0 radical (unpaired) electrons. The van der Waals surface area contributed by atoms with E-state index in [0.717, 1.165) is 5.69 Å². The van der Waals surface area contributed by atoms with E-state index in [1.807, 2.05) is 6.92 Å². The Hall–Kier alpha value is -2.64. The van der Waals surface area contributed by atoms with Gasteiger partial charge in [-0.05, 0) is 6.92 Å². The summed E-state index contributed by atoms with van der Waals surface area (Å²) in [6, 6.07) is 0. The number of oxazole rings is 1. The maximum absolute atomic E-state index is 10.6. The van der Waals surface area contributed by atoms with E-state index in [1.165, 1.54) is 0 Å². The molecule has 17 heavy (non-hydrogen) atoms. The molecule has 3 aromatic rings. The fourth-order valence-electron chi connectivity index (χ4n) is 1.41. The minimum atomic E-state index is -1.28. The smallest absolute Gasteiger partial charge is 0.394 e. The summed E-state index contributed by atoms with van der Waals surface area (Å²) in [7, 11) is 0. The Labute approximate surface area is 93.5 Å². The second kappa shape index (κ2) is 3.17. The number of carbonyl (C=O) groups is 1. The Balaban J connectivity index is 2.10. The normalized spacial score (nSPS) is 11.1. The van der Waals surface area contributed by atoms with Crippen LogP contribution in [0.1, 0.15) is 16.4 Å². The summed E-state index contributed by atoms with van der Waals surface area (Å²) in [6.07, 6.45) is 3.27. The molecule has 0 aliphatic carbocycles. The predicted octanol–water partition coefficient (Wildman–Crippen LogP) is 0.984. The van der Waals surface area contributed by atoms with Crippen LogP contribution in [0.25, 0.3) is 17.4 Å². The number of fused-ring (bicyclic) bond motifs is 1. The number of carboxylic acids is 1. The van der Waals surface area contributed by atoms with Crippen molar-refractivity contribution in [2.75, 3.05) is 0 Å². The number of nitrogens with zero attached hydrogens (tertiary/aromatic N) is 4. The van der Waals surface area contributed by atoms with E-state index < -0.39 is 11.9 Å². The average Bonchev–Trinajstić information content (AvgIpc) is 2.95. The molecule has 0 fully saturated rings. The molecule has 3 aromatic heterocycles. The molecule has 0 amide bonds. The SMILES string of the molecule is Cc1cnc2oc(-c3noc(C(=O)O)n3)cn12. The maximum atomic E-state index is 10.6. The number of hydrogen-bond acceptors (Lipinski definition) is 6. The quantitative estimate of drug-likeness (QED) is 0.704. The number of hydrogen-bond donors (Lipinski definition) is 1. The van der Waals surface area contributed by atoms with Gasteiger partial charge in [-0.3, -0.25) is 4.40 Å². The van der Waals surface area contributed by atoms with Crippen molar-refractivity contribution >= 4 is 11.8 Å². The summed E-state index contributed by atoms with van der Waals surface area (Å²) >= 11 is 0. The molecular formula is C9H6N4O4. The molecule has 0 saturated heterocycles. The van der Waals surface area contributed by atoms with Gasteiger partial charge in [-0.15, -0.1) is 0 Å². The summed E-state index contributed by atoms with van der Waals surface area (Å²) in [5, 5.41) is 12.2. The lowest BCUT2D eigenvalue weighted by Gasteiger charge is -1.83. The first kappa shape index (κ1) is 9.58. The van der Waals surface area contributed by atoms with E-state index >= 15 is 0 Å². The van der Waals surface area contributed by atoms with E-state index in [9.17, 15) is 4.79 Å². The Morgan fingerprint density at radius 2 is 2.35 bits per heavy atom. The third-order valence-electron chi connectivity index (χ3n) is 2.22. The van der Waals surface area contributed by atoms with Crippen molar-refractivity contribution in [2.24, 2.45) is 0 Å². The molecule has 0 aliphatic rings. The zero-order chi connectivity index (χ0) is 12.0. The van der Waals surface area contributed by atoms with Gasteiger partial charge in [0.15, 0.2) is 5.76 Å². The van der Waals surface area contributed by atoms with Crippen molar-refractivity contribution in [3.8, 4) is 11.6 Å². The Bertz CT molecular complexity index is 708. The number of aromatic nitrogens is 4. The standard InChI is InChI=1S/C9H6N4O4/c1-4-2-10-9-13(4)3-5(16-9)6-11-7(8(14)15)17-12-6/h2-3H,1H3,(H,14,15). The first-order chi connectivity index (χ1) is 8.15. The zero-order valence-electron chi connectivity index (χ0n) is 8.62. The van der Waals surface area contributed by atoms with Crippen molar-refractivity contribution in [2.45, 2.75) is 6.92 Å². The highest BCUT2D eigenvalue weighted by Gasteiger charge is 2.18. The Morgan fingerprint density at radius 3 is 3.00 bits per heavy atom. The zero-order valence-corrected chi connectivity index (χ0v) is 8.62. The van der Waals surface area contributed by atoms with Crippen LogP contribution in [0.3, 0.4) is 0 Å². The van der Waals surface area contributed by atoms with E-state index in [0.29, 0.717) is 11.6 Å². The van der Waals surface area contributed by atoms with Gasteiger partial charge in [0.05, 0.1) is 12.4 Å². The summed E-state index contributed by atoms with van der Waals surface area (Å²) in [6.45, 7) is 1.86. The fraction of sp³-hybridized carbons (Fsp3) is 0.111. The first-order valence-corrected chi connectivity index (χ1v) is 4.66. The van der Waals surface area contributed by atoms with Crippen LogP contribution in [0.5, 0.6) is 0 Å². The van der Waals surface area contributed by atoms with E-state index in [2.05, 4.69) is 19.6 Å². The Morgan fingerprint density at radius 1 is 1.53 bits per heavy atom. The van der Waals surface area contributed by atoms with E-state index in [1.54, 1.807) is 16.8 Å². The minimum absolute atomic E-state index is 0.0762. The third-order valence-corrected chi connectivity index (χ3v) is 2.22. The van der Waals surface area contributed by atoms with Gasteiger partial charge in [0, 0.05) is 5.69 Å². The van der Waals surface area contributed by atoms with Gasteiger partial charge in [-0.1, -0.05) is 5.16 Å². The molecule has 0 bridgehead atoms. The van der Waals surface area contributed by atoms with Crippen molar-refractivity contribution < 1.29 is 18.8 Å². The van der Waals surface area contributed by atoms with E-state index in [4.69, 9.17) is 9.52 Å². The monoisotopic (exact) mass is 234 g/mol. The van der Waals surface area contributed by atoms with Gasteiger partial charge in [0.2, 0.25) is 5.82 Å². The van der Waals surface area contributed by atoms with Gasteiger partial charge >= 0.3 is 17.7 Å². The van der Waals surface area contributed by atoms with Gasteiger partial charge in [-0.25, -0.2) is 9.78 Å². The molecule has 0 spiro atoms. The number of carboxylic acid groups (broad SMARTS) is 1. The second-order valence-corrected chi connectivity index (χ2v) is 3.38. The predicted molar refractivity (Wildman–Crippen MR) is 52.4 cm³/mol. The summed E-state index contributed by atoms with van der Waals surface area (Å²) in [5.74, 6) is -0.999.